The Kier molecular flexibility index (Phi) is 6.32. The maximum Gasteiger partial charge on any atom is 0.302 e. The second-order valence-corrected chi connectivity index (χ2v) is 11.1. The predicted octanol–water partition coefficient (Wildman–Crippen LogP) is 2.52. The molecular formula is C25H38O8. The number of fused-ring (bicyclic) bond motifs is 5. The summed E-state index contributed by atoms with van der Waals surface area (Å²) in [6, 6.07) is 0. The minimum atomic E-state index is -1.38. The highest BCUT2D eigenvalue weighted by Gasteiger charge is 2.72. The summed E-state index contributed by atoms with van der Waals surface area (Å²) in [4.78, 5) is 35.1. The molecule has 4 aliphatic carbocycles. The van der Waals surface area contributed by atoms with Crippen molar-refractivity contribution in [1.82, 2.24) is 0 Å². The van der Waals surface area contributed by atoms with Crippen molar-refractivity contribution >= 4 is 17.9 Å². The minimum absolute atomic E-state index is 0.0534. The summed E-state index contributed by atoms with van der Waals surface area (Å²) in [6.45, 7) is 6.41. The van der Waals surface area contributed by atoms with Crippen LogP contribution in [-0.2, 0) is 28.6 Å². The summed E-state index contributed by atoms with van der Waals surface area (Å²) >= 11 is 0. The molecule has 0 radical (unpaired) electrons. The number of hydrogen-bond acceptors (Lipinski definition) is 8. The molecule has 8 heteroatoms. The number of esters is 3. The number of aliphatic hydroxyl groups excluding tert-OH is 1. The van der Waals surface area contributed by atoms with Crippen molar-refractivity contribution in [2.24, 2.45) is 28.6 Å². The average Bonchev–Trinajstić information content (AvgIpc) is 2.92. The lowest BCUT2D eigenvalue weighted by molar-refractivity contribution is -0.251. The van der Waals surface area contributed by atoms with E-state index in [1.807, 2.05) is 6.92 Å². The van der Waals surface area contributed by atoms with E-state index >= 15 is 0 Å². The summed E-state index contributed by atoms with van der Waals surface area (Å²) in [5.41, 5.74) is -2.44. The van der Waals surface area contributed by atoms with E-state index in [-0.39, 0.29) is 54.2 Å². The van der Waals surface area contributed by atoms with Crippen molar-refractivity contribution in [2.45, 2.75) is 103 Å². The van der Waals surface area contributed by atoms with Gasteiger partial charge in [0.25, 0.3) is 0 Å². The molecule has 0 bridgehead atoms. The Hall–Kier alpha value is -1.67. The third-order valence-corrected chi connectivity index (χ3v) is 9.64. The van der Waals surface area contributed by atoms with Crippen LogP contribution < -0.4 is 0 Å². The zero-order valence-electron chi connectivity index (χ0n) is 20.2. The highest BCUT2D eigenvalue weighted by molar-refractivity contribution is 5.67. The molecule has 9 atom stereocenters. The quantitative estimate of drug-likeness (QED) is 0.479. The molecule has 0 aromatic carbocycles. The Morgan fingerprint density at radius 1 is 0.879 bits per heavy atom. The van der Waals surface area contributed by atoms with E-state index in [9.17, 15) is 24.6 Å². The van der Waals surface area contributed by atoms with Crippen LogP contribution in [0.5, 0.6) is 0 Å². The van der Waals surface area contributed by atoms with Crippen LogP contribution in [0.4, 0.5) is 0 Å². The van der Waals surface area contributed by atoms with Crippen LogP contribution in [-0.4, -0.2) is 58.6 Å². The molecule has 0 aromatic rings. The fourth-order valence-corrected chi connectivity index (χ4v) is 8.22. The Morgan fingerprint density at radius 2 is 1.58 bits per heavy atom. The van der Waals surface area contributed by atoms with Crippen molar-refractivity contribution in [2.75, 3.05) is 6.61 Å². The average molecular weight is 467 g/mol. The first-order chi connectivity index (χ1) is 15.4. The van der Waals surface area contributed by atoms with Crippen molar-refractivity contribution in [3.8, 4) is 0 Å². The topological polar surface area (TPSA) is 119 Å². The summed E-state index contributed by atoms with van der Waals surface area (Å²) in [5, 5.41) is 23.3. The van der Waals surface area contributed by atoms with E-state index in [2.05, 4.69) is 0 Å². The maximum atomic E-state index is 12.2. The van der Waals surface area contributed by atoms with Gasteiger partial charge in [0.2, 0.25) is 0 Å². The number of aliphatic hydroxyl groups is 2. The van der Waals surface area contributed by atoms with Gasteiger partial charge in [-0.05, 0) is 62.7 Å². The second-order valence-electron chi connectivity index (χ2n) is 11.1. The van der Waals surface area contributed by atoms with Crippen LogP contribution in [0.25, 0.3) is 0 Å². The summed E-state index contributed by atoms with van der Waals surface area (Å²) in [5.74, 6) is -0.954. The van der Waals surface area contributed by atoms with Gasteiger partial charge in [-0.25, -0.2) is 0 Å². The number of ether oxygens (including phenoxy) is 3. The van der Waals surface area contributed by atoms with Gasteiger partial charge in [-0.2, -0.15) is 0 Å². The number of rotatable bonds is 4. The molecule has 0 spiro atoms. The molecule has 0 aliphatic heterocycles. The van der Waals surface area contributed by atoms with Crippen molar-refractivity contribution in [1.29, 1.82) is 0 Å². The van der Waals surface area contributed by atoms with Gasteiger partial charge < -0.3 is 24.4 Å². The Labute approximate surface area is 195 Å². The normalized spacial score (nSPS) is 46.4. The first kappa shape index (κ1) is 24.5. The van der Waals surface area contributed by atoms with Gasteiger partial charge in [0.05, 0.1) is 12.7 Å². The fraction of sp³-hybridized carbons (Fsp3) is 0.880. The smallest absolute Gasteiger partial charge is 0.302 e. The summed E-state index contributed by atoms with van der Waals surface area (Å²) in [6.07, 6.45) is 3.64. The van der Waals surface area contributed by atoms with Gasteiger partial charge in [-0.15, -0.1) is 0 Å². The lowest BCUT2D eigenvalue weighted by atomic mass is 9.43. The highest BCUT2D eigenvalue weighted by atomic mass is 16.6. The van der Waals surface area contributed by atoms with E-state index < -0.39 is 29.2 Å². The maximum absolute atomic E-state index is 12.2. The lowest BCUT2D eigenvalue weighted by Crippen LogP contribution is -2.67. The van der Waals surface area contributed by atoms with Crippen molar-refractivity contribution < 1.29 is 38.8 Å². The van der Waals surface area contributed by atoms with Crippen LogP contribution in [0, 0.1) is 28.6 Å². The molecule has 4 saturated carbocycles. The van der Waals surface area contributed by atoms with Gasteiger partial charge in [0.1, 0.15) is 17.8 Å². The molecule has 4 fully saturated rings. The predicted molar refractivity (Wildman–Crippen MR) is 117 cm³/mol. The number of hydrogen-bond donors (Lipinski definition) is 2. The molecule has 2 N–H and O–H groups in total. The molecular weight excluding hydrogens is 428 g/mol. The first-order valence-corrected chi connectivity index (χ1v) is 12.3. The monoisotopic (exact) mass is 466 g/mol. The van der Waals surface area contributed by atoms with Gasteiger partial charge in [-0.1, -0.05) is 6.92 Å². The van der Waals surface area contributed by atoms with Crippen LogP contribution in [0.1, 0.15) is 79.1 Å². The molecule has 186 valence electrons. The molecule has 4 aliphatic rings. The van der Waals surface area contributed by atoms with Crippen LogP contribution >= 0.6 is 0 Å². The molecule has 0 amide bonds. The van der Waals surface area contributed by atoms with Gasteiger partial charge in [-0.3, -0.25) is 14.4 Å². The van der Waals surface area contributed by atoms with E-state index in [4.69, 9.17) is 14.2 Å². The second kappa shape index (κ2) is 8.52. The first-order valence-electron chi connectivity index (χ1n) is 12.3. The van der Waals surface area contributed by atoms with E-state index in [1.54, 1.807) is 0 Å². The standard InChI is InChI=1S/C25H38O8/c1-14(26)31-13-24-10-7-18(32-15(2)27)11-17(24)5-6-20-19(24)8-9-23(4)22(33-16(3)28)12-21(29)25(20,23)30/h17-22,29-30H,5-13H2,1-4H3/t17?,18?,19-,20-,21?,22?,23-,24-,25+/m1/s1. The molecule has 4 rings (SSSR count). The van der Waals surface area contributed by atoms with Crippen LogP contribution in [0.3, 0.4) is 0 Å². The van der Waals surface area contributed by atoms with Crippen LogP contribution in [0.15, 0.2) is 0 Å². The SMILES string of the molecule is CC(=O)OC[C@]12CCC(OC(C)=O)CC1CC[C@@H]1[C@H]2CC[C@]2(C)C(OC(C)=O)CC(O)[C@@]12O. The van der Waals surface area contributed by atoms with Crippen molar-refractivity contribution in [3.05, 3.63) is 0 Å². The van der Waals surface area contributed by atoms with E-state index in [0.717, 1.165) is 32.1 Å². The fourth-order valence-electron chi connectivity index (χ4n) is 8.22. The summed E-state index contributed by atoms with van der Waals surface area (Å²) < 4.78 is 16.7. The zero-order chi connectivity index (χ0) is 24.2. The Balaban J connectivity index is 1.67. The molecule has 0 aromatic heterocycles. The highest BCUT2D eigenvalue weighted by Crippen LogP contribution is 2.68. The van der Waals surface area contributed by atoms with Gasteiger partial charge >= 0.3 is 17.9 Å². The van der Waals surface area contributed by atoms with E-state index in [0.29, 0.717) is 12.8 Å². The van der Waals surface area contributed by atoms with E-state index in [1.165, 1.54) is 20.8 Å². The van der Waals surface area contributed by atoms with Gasteiger partial charge in [0, 0.05) is 38.0 Å². The third kappa shape index (κ3) is 3.77. The van der Waals surface area contributed by atoms with Gasteiger partial charge in [0.15, 0.2) is 0 Å². The Bertz CT molecular complexity index is 812. The lowest BCUT2D eigenvalue weighted by Gasteiger charge is -2.64. The molecule has 33 heavy (non-hydrogen) atoms. The molecule has 4 unspecified atom stereocenters. The van der Waals surface area contributed by atoms with Crippen LogP contribution in [0.2, 0.25) is 0 Å². The number of carbonyl (C=O) groups is 3. The Morgan fingerprint density at radius 3 is 2.21 bits per heavy atom. The van der Waals surface area contributed by atoms with Crippen molar-refractivity contribution in [3.63, 3.8) is 0 Å². The zero-order valence-corrected chi connectivity index (χ0v) is 20.2. The molecule has 0 heterocycles. The largest absolute Gasteiger partial charge is 0.465 e. The third-order valence-electron chi connectivity index (χ3n) is 9.64. The summed E-state index contributed by atoms with van der Waals surface area (Å²) in [7, 11) is 0. The number of carbonyl (C=O) groups excluding carboxylic acids is 3. The minimum Gasteiger partial charge on any atom is -0.465 e. The molecule has 0 saturated heterocycles. The molecule has 8 nitrogen and oxygen atoms in total.